The van der Waals surface area contributed by atoms with Gasteiger partial charge in [0.2, 0.25) is 0 Å². The van der Waals surface area contributed by atoms with Crippen molar-refractivity contribution in [3.8, 4) is 0 Å². The van der Waals surface area contributed by atoms with Crippen molar-refractivity contribution in [2.45, 2.75) is 38.5 Å². The lowest BCUT2D eigenvalue weighted by Gasteiger charge is -2.15. The summed E-state index contributed by atoms with van der Waals surface area (Å²) in [6.07, 6.45) is 0.338. The summed E-state index contributed by atoms with van der Waals surface area (Å²) in [5.74, 6) is -0.351. The van der Waals surface area contributed by atoms with Crippen LogP contribution < -0.4 is 0 Å². The van der Waals surface area contributed by atoms with Crippen LogP contribution >= 0.6 is 0 Å². The van der Waals surface area contributed by atoms with E-state index in [1.165, 1.54) is 0 Å². The predicted molar refractivity (Wildman–Crippen MR) is 77.3 cm³/mol. The largest absolute Gasteiger partial charge is 0.454 e. The van der Waals surface area contributed by atoms with Gasteiger partial charge < -0.3 is 4.74 Å². The van der Waals surface area contributed by atoms with E-state index in [-0.39, 0.29) is 10.9 Å². The molecular formula is C15H20N2O4. The Hall–Kier alpha value is -1.95. The van der Waals surface area contributed by atoms with Gasteiger partial charge in [0.05, 0.1) is 6.54 Å². The van der Waals surface area contributed by atoms with Gasteiger partial charge in [0.15, 0.2) is 6.10 Å². The zero-order valence-electron chi connectivity index (χ0n) is 12.1. The van der Waals surface area contributed by atoms with E-state index in [0.29, 0.717) is 32.5 Å². The summed E-state index contributed by atoms with van der Waals surface area (Å²) in [6, 6.07) is 8.94. The van der Waals surface area contributed by atoms with Gasteiger partial charge in [-0.3, -0.25) is 19.8 Å². The molecule has 2 atom stereocenters. The molecule has 0 aromatic heterocycles. The molecule has 1 fully saturated rings. The van der Waals surface area contributed by atoms with Crippen molar-refractivity contribution in [2.24, 2.45) is 0 Å². The zero-order valence-corrected chi connectivity index (χ0v) is 12.1. The van der Waals surface area contributed by atoms with E-state index in [1.807, 2.05) is 42.2 Å². The zero-order chi connectivity index (χ0) is 15.2. The molecule has 6 heteroatoms. The number of esters is 1. The SMILES string of the molecule is CCCC(=O)OC1CN(Cc2ccccc2)CC1[N+](=O)[O-]. The lowest BCUT2D eigenvalue weighted by atomic mass is 10.2. The minimum atomic E-state index is -0.838. The standard InChI is InChI=1S/C15H20N2O4/c1-2-6-15(18)21-14-11-16(10-13(14)17(19)20)9-12-7-4-3-5-8-12/h3-5,7-8,13-14H,2,6,9-11H2,1H3. The van der Waals surface area contributed by atoms with Gasteiger partial charge in [-0.15, -0.1) is 0 Å². The number of hydrogen-bond acceptors (Lipinski definition) is 5. The van der Waals surface area contributed by atoms with Crippen molar-refractivity contribution in [1.29, 1.82) is 0 Å². The first kappa shape index (κ1) is 15.4. The molecule has 0 saturated carbocycles. The van der Waals surface area contributed by atoms with Crippen LogP contribution in [0.25, 0.3) is 0 Å². The predicted octanol–water partition coefficient (Wildman–Crippen LogP) is 1.86. The Labute approximate surface area is 123 Å². The van der Waals surface area contributed by atoms with Gasteiger partial charge >= 0.3 is 5.97 Å². The Bertz CT molecular complexity index is 492. The minimum absolute atomic E-state index is 0.305. The smallest absolute Gasteiger partial charge is 0.306 e. The fraction of sp³-hybridized carbons (Fsp3) is 0.533. The van der Waals surface area contributed by atoms with Gasteiger partial charge in [-0.25, -0.2) is 0 Å². The monoisotopic (exact) mass is 292 g/mol. The summed E-state index contributed by atoms with van der Waals surface area (Å²) in [4.78, 5) is 24.3. The fourth-order valence-corrected chi connectivity index (χ4v) is 2.55. The fourth-order valence-electron chi connectivity index (χ4n) is 2.55. The van der Waals surface area contributed by atoms with Crippen LogP contribution in [-0.4, -0.2) is 41.0 Å². The van der Waals surface area contributed by atoms with E-state index in [9.17, 15) is 14.9 Å². The molecule has 1 heterocycles. The normalized spacial score (nSPS) is 22.1. The summed E-state index contributed by atoms with van der Waals surface area (Å²) in [6.45, 7) is 3.23. The van der Waals surface area contributed by atoms with E-state index in [4.69, 9.17) is 4.74 Å². The van der Waals surface area contributed by atoms with Crippen molar-refractivity contribution < 1.29 is 14.5 Å². The number of hydrogen-bond donors (Lipinski definition) is 0. The first-order valence-electron chi connectivity index (χ1n) is 7.19. The Morgan fingerprint density at radius 1 is 1.38 bits per heavy atom. The van der Waals surface area contributed by atoms with Gasteiger partial charge in [-0.1, -0.05) is 37.3 Å². The van der Waals surface area contributed by atoms with E-state index in [2.05, 4.69) is 0 Å². The van der Waals surface area contributed by atoms with E-state index >= 15 is 0 Å². The minimum Gasteiger partial charge on any atom is -0.454 e. The molecule has 0 spiro atoms. The van der Waals surface area contributed by atoms with E-state index in [0.717, 1.165) is 5.56 Å². The highest BCUT2D eigenvalue weighted by molar-refractivity contribution is 5.69. The second kappa shape index (κ2) is 7.17. The molecule has 0 bridgehead atoms. The molecule has 1 saturated heterocycles. The lowest BCUT2D eigenvalue weighted by Crippen LogP contribution is -2.35. The summed E-state index contributed by atoms with van der Waals surface area (Å²) in [5.41, 5.74) is 1.10. The van der Waals surface area contributed by atoms with Crippen molar-refractivity contribution in [1.82, 2.24) is 4.90 Å². The molecule has 0 aliphatic carbocycles. The topological polar surface area (TPSA) is 72.7 Å². The number of rotatable bonds is 6. The Morgan fingerprint density at radius 3 is 2.71 bits per heavy atom. The third kappa shape index (κ3) is 4.26. The molecule has 0 amide bonds. The Balaban J connectivity index is 1.98. The van der Waals surface area contributed by atoms with Gasteiger partial charge in [0.25, 0.3) is 6.04 Å². The highest BCUT2D eigenvalue weighted by Crippen LogP contribution is 2.19. The molecule has 6 nitrogen and oxygen atoms in total. The molecule has 1 aliphatic heterocycles. The van der Waals surface area contributed by atoms with Gasteiger partial charge in [0.1, 0.15) is 0 Å². The molecule has 1 aliphatic rings. The summed E-state index contributed by atoms with van der Waals surface area (Å²) >= 11 is 0. The summed E-state index contributed by atoms with van der Waals surface area (Å²) in [7, 11) is 0. The molecule has 1 aromatic rings. The van der Waals surface area contributed by atoms with E-state index < -0.39 is 12.1 Å². The second-order valence-electron chi connectivity index (χ2n) is 5.31. The molecule has 114 valence electrons. The van der Waals surface area contributed by atoms with Crippen LogP contribution in [0.3, 0.4) is 0 Å². The van der Waals surface area contributed by atoms with Gasteiger partial charge in [-0.2, -0.15) is 0 Å². The number of carbonyl (C=O) groups excluding carboxylic acids is 1. The van der Waals surface area contributed by atoms with Gasteiger partial charge in [-0.05, 0) is 12.0 Å². The van der Waals surface area contributed by atoms with E-state index in [1.54, 1.807) is 0 Å². The first-order chi connectivity index (χ1) is 10.1. The number of nitrogens with zero attached hydrogens (tertiary/aromatic N) is 2. The molecule has 0 radical (unpaired) electrons. The lowest BCUT2D eigenvalue weighted by molar-refractivity contribution is -0.527. The molecule has 2 unspecified atom stereocenters. The highest BCUT2D eigenvalue weighted by Gasteiger charge is 2.43. The average Bonchev–Trinajstić information content (AvgIpc) is 2.83. The number of benzene rings is 1. The number of carbonyl (C=O) groups is 1. The van der Waals surface area contributed by atoms with Gasteiger partial charge in [0, 0.05) is 24.4 Å². The van der Waals surface area contributed by atoms with Crippen molar-refractivity contribution in [3.63, 3.8) is 0 Å². The molecule has 0 N–H and O–H groups in total. The number of nitro groups is 1. The van der Waals surface area contributed by atoms with Crippen LogP contribution in [0.15, 0.2) is 30.3 Å². The molecule has 1 aromatic carbocycles. The van der Waals surface area contributed by atoms with Crippen LogP contribution in [0, 0.1) is 10.1 Å². The maximum absolute atomic E-state index is 11.6. The summed E-state index contributed by atoms with van der Waals surface area (Å²) < 4.78 is 5.27. The van der Waals surface area contributed by atoms with Crippen LogP contribution in [0.1, 0.15) is 25.3 Å². The third-order valence-corrected chi connectivity index (χ3v) is 3.57. The third-order valence-electron chi connectivity index (χ3n) is 3.57. The summed E-state index contributed by atoms with van der Waals surface area (Å²) in [5, 5.41) is 11.1. The van der Waals surface area contributed by atoms with Crippen molar-refractivity contribution in [2.75, 3.05) is 13.1 Å². The molecule has 21 heavy (non-hydrogen) atoms. The number of ether oxygens (including phenoxy) is 1. The van der Waals surface area contributed by atoms with Crippen LogP contribution in [-0.2, 0) is 16.1 Å². The Kier molecular flexibility index (Phi) is 5.27. The average molecular weight is 292 g/mol. The highest BCUT2D eigenvalue weighted by atomic mass is 16.6. The van der Waals surface area contributed by atoms with Crippen LogP contribution in [0.4, 0.5) is 0 Å². The molecule has 2 rings (SSSR count). The number of likely N-dealkylation sites (tertiary alicyclic amines) is 1. The second-order valence-corrected chi connectivity index (χ2v) is 5.31. The van der Waals surface area contributed by atoms with Crippen molar-refractivity contribution >= 4 is 5.97 Å². The van der Waals surface area contributed by atoms with Crippen LogP contribution in [0.5, 0.6) is 0 Å². The molecular weight excluding hydrogens is 272 g/mol. The maximum Gasteiger partial charge on any atom is 0.306 e. The first-order valence-corrected chi connectivity index (χ1v) is 7.19. The van der Waals surface area contributed by atoms with Crippen LogP contribution in [0.2, 0.25) is 0 Å². The van der Waals surface area contributed by atoms with Crippen molar-refractivity contribution in [3.05, 3.63) is 46.0 Å². The quantitative estimate of drug-likeness (QED) is 0.454. The maximum atomic E-state index is 11.6. The Morgan fingerprint density at radius 2 is 2.10 bits per heavy atom.